The highest BCUT2D eigenvalue weighted by Crippen LogP contribution is 2.27. The van der Waals surface area contributed by atoms with Gasteiger partial charge in [0.15, 0.2) is 11.5 Å². The van der Waals surface area contributed by atoms with Gasteiger partial charge in [-0.3, -0.25) is 9.48 Å². The van der Waals surface area contributed by atoms with Gasteiger partial charge in [0.05, 0.1) is 0 Å². The predicted octanol–water partition coefficient (Wildman–Crippen LogP) is 3.57. The number of hydrogen-bond donors (Lipinski definition) is 0. The van der Waals surface area contributed by atoms with Crippen molar-refractivity contribution in [2.75, 3.05) is 0 Å². The largest absolute Gasteiger partial charge is 0.435 e. The van der Waals surface area contributed by atoms with Crippen molar-refractivity contribution in [3.63, 3.8) is 0 Å². The van der Waals surface area contributed by atoms with Gasteiger partial charge in [-0.1, -0.05) is 30.3 Å². The van der Waals surface area contributed by atoms with Gasteiger partial charge in [0.25, 0.3) is 0 Å². The summed E-state index contributed by atoms with van der Waals surface area (Å²) in [5, 5.41) is 3.43. The summed E-state index contributed by atoms with van der Waals surface area (Å²) in [7, 11) is 0. The van der Waals surface area contributed by atoms with Crippen LogP contribution in [0.2, 0.25) is 0 Å². The number of carbonyl (C=O) groups excluding carboxylic acids is 1. The molecular formula is C14H13F3N2O. The lowest BCUT2D eigenvalue weighted by Crippen LogP contribution is -2.08. The summed E-state index contributed by atoms with van der Waals surface area (Å²) in [4.78, 5) is 11.8. The van der Waals surface area contributed by atoms with Gasteiger partial charge in [-0.2, -0.15) is 18.3 Å². The van der Waals surface area contributed by atoms with Crippen LogP contribution in [0.25, 0.3) is 0 Å². The molecule has 106 valence electrons. The topological polar surface area (TPSA) is 34.9 Å². The van der Waals surface area contributed by atoms with Crippen molar-refractivity contribution in [1.29, 1.82) is 0 Å². The highest BCUT2D eigenvalue weighted by atomic mass is 19.4. The summed E-state index contributed by atoms with van der Waals surface area (Å²) >= 11 is 0. The van der Waals surface area contributed by atoms with Gasteiger partial charge >= 0.3 is 6.18 Å². The Kier molecular flexibility index (Phi) is 4.22. The highest BCUT2D eigenvalue weighted by Gasteiger charge is 2.33. The monoisotopic (exact) mass is 282 g/mol. The van der Waals surface area contributed by atoms with E-state index in [1.165, 1.54) is 10.9 Å². The zero-order chi connectivity index (χ0) is 14.6. The van der Waals surface area contributed by atoms with Gasteiger partial charge in [0.1, 0.15) is 0 Å². The molecule has 0 fully saturated rings. The third kappa shape index (κ3) is 3.69. The molecule has 3 nitrogen and oxygen atoms in total. The van der Waals surface area contributed by atoms with Gasteiger partial charge in [-0.05, 0) is 12.5 Å². The Labute approximate surface area is 114 Å². The molecule has 0 aliphatic heterocycles. The maximum absolute atomic E-state index is 12.3. The van der Waals surface area contributed by atoms with Gasteiger partial charge in [-0.15, -0.1) is 0 Å². The first-order valence-electron chi connectivity index (χ1n) is 6.16. The van der Waals surface area contributed by atoms with Gasteiger partial charge in [0.2, 0.25) is 0 Å². The SMILES string of the molecule is O=C(CCCn1ccc(C(F)(F)F)n1)c1ccccc1. The molecule has 1 aromatic carbocycles. The van der Waals surface area contributed by atoms with E-state index in [1.54, 1.807) is 24.3 Å². The van der Waals surface area contributed by atoms with Gasteiger partial charge < -0.3 is 0 Å². The van der Waals surface area contributed by atoms with E-state index in [0.29, 0.717) is 12.0 Å². The Morgan fingerprint density at radius 1 is 1.15 bits per heavy atom. The van der Waals surface area contributed by atoms with Crippen LogP contribution >= 0.6 is 0 Å². The van der Waals surface area contributed by atoms with Crippen LogP contribution in [-0.4, -0.2) is 15.6 Å². The fourth-order valence-corrected chi connectivity index (χ4v) is 1.81. The van der Waals surface area contributed by atoms with Crippen molar-refractivity contribution >= 4 is 5.78 Å². The van der Waals surface area contributed by atoms with E-state index in [4.69, 9.17) is 0 Å². The lowest BCUT2D eigenvalue weighted by Gasteiger charge is -2.03. The number of carbonyl (C=O) groups is 1. The minimum absolute atomic E-state index is 0.0196. The Morgan fingerprint density at radius 3 is 2.45 bits per heavy atom. The first-order valence-corrected chi connectivity index (χ1v) is 6.16. The van der Waals surface area contributed by atoms with Crippen LogP contribution in [0.3, 0.4) is 0 Å². The Morgan fingerprint density at radius 2 is 1.85 bits per heavy atom. The number of Topliss-reactive ketones (excluding diaryl/α,β-unsaturated/α-hetero) is 1. The minimum atomic E-state index is -4.43. The quantitative estimate of drug-likeness (QED) is 0.786. The first kappa shape index (κ1) is 14.3. The molecule has 0 unspecified atom stereocenters. The molecule has 20 heavy (non-hydrogen) atoms. The number of alkyl halides is 3. The van der Waals surface area contributed by atoms with E-state index in [9.17, 15) is 18.0 Å². The first-order chi connectivity index (χ1) is 9.47. The Bertz CT molecular complexity index is 576. The molecule has 6 heteroatoms. The summed E-state index contributed by atoms with van der Waals surface area (Å²) in [5.41, 5.74) is -0.296. The standard InChI is InChI=1S/C14H13F3N2O/c15-14(16,17)13-8-10-19(18-13)9-4-7-12(20)11-5-2-1-3-6-11/h1-3,5-6,8,10H,4,7,9H2. The predicted molar refractivity (Wildman–Crippen MR) is 67.2 cm³/mol. The molecule has 0 amide bonds. The number of rotatable bonds is 5. The molecule has 0 spiro atoms. The van der Waals surface area contributed by atoms with Gasteiger partial charge in [-0.25, -0.2) is 0 Å². The normalized spacial score (nSPS) is 11.6. The van der Waals surface area contributed by atoms with Crippen LogP contribution in [0.5, 0.6) is 0 Å². The molecule has 0 N–H and O–H groups in total. The molecule has 0 aliphatic carbocycles. The average Bonchev–Trinajstić information content (AvgIpc) is 2.88. The van der Waals surface area contributed by atoms with Crippen LogP contribution in [0.1, 0.15) is 28.9 Å². The number of aryl methyl sites for hydroxylation is 1. The van der Waals surface area contributed by atoms with E-state index < -0.39 is 11.9 Å². The van der Waals surface area contributed by atoms with Crippen molar-refractivity contribution in [3.05, 3.63) is 53.9 Å². The van der Waals surface area contributed by atoms with Crippen LogP contribution < -0.4 is 0 Å². The number of hydrogen-bond acceptors (Lipinski definition) is 2. The summed E-state index contributed by atoms with van der Waals surface area (Å²) < 4.78 is 38.2. The zero-order valence-electron chi connectivity index (χ0n) is 10.6. The second kappa shape index (κ2) is 5.90. The molecule has 0 saturated carbocycles. The Balaban J connectivity index is 1.85. The molecule has 1 aromatic heterocycles. The molecule has 1 heterocycles. The summed E-state index contributed by atoms with van der Waals surface area (Å²) in [6.07, 6.45) is -2.42. The number of nitrogens with zero attached hydrogens (tertiary/aromatic N) is 2. The number of ketones is 1. The molecule has 2 rings (SSSR count). The third-order valence-electron chi connectivity index (χ3n) is 2.82. The van der Waals surface area contributed by atoms with Crippen LogP contribution in [-0.2, 0) is 12.7 Å². The highest BCUT2D eigenvalue weighted by molar-refractivity contribution is 5.95. The van der Waals surface area contributed by atoms with Crippen LogP contribution in [0.15, 0.2) is 42.6 Å². The van der Waals surface area contributed by atoms with E-state index in [0.717, 1.165) is 6.07 Å². The van der Waals surface area contributed by atoms with E-state index in [1.807, 2.05) is 6.07 Å². The molecular weight excluding hydrogens is 269 g/mol. The second-order valence-electron chi connectivity index (χ2n) is 4.35. The molecule has 0 radical (unpaired) electrons. The molecule has 2 aromatic rings. The molecule has 0 aliphatic rings. The maximum Gasteiger partial charge on any atom is 0.435 e. The number of halogens is 3. The molecule has 0 atom stereocenters. The summed E-state index contributed by atoms with van der Waals surface area (Å²) in [6, 6.07) is 9.74. The van der Waals surface area contributed by atoms with Crippen molar-refractivity contribution in [3.8, 4) is 0 Å². The van der Waals surface area contributed by atoms with Crippen LogP contribution in [0.4, 0.5) is 13.2 Å². The van der Waals surface area contributed by atoms with E-state index in [-0.39, 0.29) is 18.7 Å². The van der Waals surface area contributed by atoms with Crippen molar-refractivity contribution in [2.45, 2.75) is 25.6 Å². The van der Waals surface area contributed by atoms with Crippen molar-refractivity contribution < 1.29 is 18.0 Å². The van der Waals surface area contributed by atoms with Crippen molar-refractivity contribution in [1.82, 2.24) is 9.78 Å². The smallest absolute Gasteiger partial charge is 0.294 e. The Hall–Kier alpha value is -2.11. The summed E-state index contributed by atoms with van der Waals surface area (Å²) in [5.74, 6) is -0.0196. The number of benzene rings is 1. The van der Waals surface area contributed by atoms with E-state index in [2.05, 4.69) is 5.10 Å². The fraction of sp³-hybridized carbons (Fsp3) is 0.286. The fourth-order valence-electron chi connectivity index (χ4n) is 1.81. The van der Waals surface area contributed by atoms with E-state index >= 15 is 0 Å². The average molecular weight is 282 g/mol. The maximum atomic E-state index is 12.3. The lowest BCUT2D eigenvalue weighted by molar-refractivity contribution is -0.141. The number of aromatic nitrogens is 2. The molecule has 0 bridgehead atoms. The van der Waals surface area contributed by atoms with Crippen LogP contribution in [0, 0.1) is 0 Å². The minimum Gasteiger partial charge on any atom is -0.294 e. The zero-order valence-corrected chi connectivity index (χ0v) is 10.6. The second-order valence-corrected chi connectivity index (χ2v) is 4.35. The molecule has 0 saturated heterocycles. The lowest BCUT2D eigenvalue weighted by atomic mass is 10.1. The summed E-state index contributed by atoms with van der Waals surface area (Å²) in [6.45, 7) is 0.286. The van der Waals surface area contributed by atoms with Crippen molar-refractivity contribution in [2.24, 2.45) is 0 Å². The van der Waals surface area contributed by atoms with Gasteiger partial charge in [0, 0.05) is 24.7 Å². The third-order valence-corrected chi connectivity index (χ3v) is 2.82.